The van der Waals surface area contributed by atoms with E-state index in [0.29, 0.717) is 44.4 Å². The number of hydrogen-bond donors (Lipinski definition) is 1. The highest BCUT2D eigenvalue weighted by Gasteiger charge is 2.29. The molecule has 1 aromatic heterocycles. The van der Waals surface area contributed by atoms with Crippen molar-refractivity contribution < 1.29 is 23.9 Å². The second-order valence-electron chi connectivity index (χ2n) is 6.50. The van der Waals surface area contributed by atoms with Crippen LogP contribution in [-0.2, 0) is 14.3 Å². The molecule has 1 aliphatic carbocycles. The number of aromatic nitrogens is 1. The standard InChI is InChI=1S/C18H24N4O5/c1-2-26-18(25)22-9-7-21(8-10-22)16(23)12-27-15-6-5-14(11-19-15)20-17(24)13-3-4-13/h5-6,11,13H,2-4,7-10,12H2,1H3,(H,20,24). The minimum Gasteiger partial charge on any atom is -0.468 e. The molecule has 9 heteroatoms. The molecule has 1 saturated heterocycles. The molecule has 1 N–H and O–H groups in total. The van der Waals surface area contributed by atoms with Gasteiger partial charge in [-0.3, -0.25) is 9.59 Å². The topological polar surface area (TPSA) is 101 Å². The lowest BCUT2D eigenvalue weighted by molar-refractivity contribution is -0.135. The fraction of sp³-hybridized carbons (Fsp3) is 0.556. The third kappa shape index (κ3) is 5.32. The van der Waals surface area contributed by atoms with Crippen molar-refractivity contribution >= 4 is 23.6 Å². The van der Waals surface area contributed by atoms with Crippen LogP contribution in [0.1, 0.15) is 19.8 Å². The van der Waals surface area contributed by atoms with Crippen LogP contribution in [0.15, 0.2) is 18.3 Å². The number of amides is 3. The molecule has 0 bridgehead atoms. The monoisotopic (exact) mass is 376 g/mol. The first-order valence-electron chi connectivity index (χ1n) is 9.16. The summed E-state index contributed by atoms with van der Waals surface area (Å²) < 4.78 is 10.4. The Balaban J connectivity index is 1.40. The lowest BCUT2D eigenvalue weighted by Gasteiger charge is -2.33. The van der Waals surface area contributed by atoms with E-state index >= 15 is 0 Å². The minimum atomic E-state index is -0.348. The summed E-state index contributed by atoms with van der Waals surface area (Å²) in [5.74, 6) is 0.301. The zero-order valence-electron chi connectivity index (χ0n) is 15.3. The van der Waals surface area contributed by atoms with Crippen molar-refractivity contribution in [3.8, 4) is 5.88 Å². The van der Waals surface area contributed by atoms with Gasteiger partial charge in [0.2, 0.25) is 11.8 Å². The first-order valence-corrected chi connectivity index (χ1v) is 9.16. The minimum absolute atomic E-state index is 0.0163. The van der Waals surface area contributed by atoms with Crippen molar-refractivity contribution in [1.29, 1.82) is 0 Å². The van der Waals surface area contributed by atoms with E-state index in [9.17, 15) is 14.4 Å². The van der Waals surface area contributed by atoms with Crippen LogP contribution < -0.4 is 10.1 Å². The largest absolute Gasteiger partial charge is 0.468 e. The predicted molar refractivity (Wildman–Crippen MR) is 96.3 cm³/mol. The summed E-state index contributed by atoms with van der Waals surface area (Å²) >= 11 is 0. The maximum absolute atomic E-state index is 12.2. The number of nitrogens with zero attached hydrogens (tertiary/aromatic N) is 3. The van der Waals surface area contributed by atoms with Crippen molar-refractivity contribution in [2.75, 3.05) is 44.7 Å². The van der Waals surface area contributed by atoms with Crippen LogP contribution in [0.25, 0.3) is 0 Å². The van der Waals surface area contributed by atoms with Crippen LogP contribution in [0.4, 0.5) is 10.5 Å². The molecule has 0 unspecified atom stereocenters. The van der Waals surface area contributed by atoms with Crippen LogP contribution in [0.2, 0.25) is 0 Å². The van der Waals surface area contributed by atoms with Gasteiger partial charge in [-0.25, -0.2) is 9.78 Å². The number of anilines is 1. The molecular weight excluding hydrogens is 352 g/mol. The van der Waals surface area contributed by atoms with Crippen LogP contribution in [0, 0.1) is 5.92 Å². The quantitative estimate of drug-likeness (QED) is 0.798. The molecule has 1 aliphatic heterocycles. The molecule has 0 atom stereocenters. The average Bonchev–Trinajstić information content (AvgIpc) is 3.53. The van der Waals surface area contributed by atoms with Crippen molar-refractivity contribution in [3.63, 3.8) is 0 Å². The highest BCUT2D eigenvalue weighted by atomic mass is 16.6. The van der Waals surface area contributed by atoms with Gasteiger partial charge in [0.05, 0.1) is 18.5 Å². The number of carbonyl (C=O) groups is 3. The fourth-order valence-electron chi connectivity index (χ4n) is 2.71. The van der Waals surface area contributed by atoms with Gasteiger partial charge in [-0.2, -0.15) is 0 Å². The molecule has 0 aromatic carbocycles. The molecule has 1 aromatic rings. The maximum Gasteiger partial charge on any atom is 0.409 e. The normalized spacial score (nSPS) is 16.6. The van der Waals surface area contributed by atoms with Gasteiger partial charge in [0, 0.05) is 38.2 Å². The smallest absolute Gasteiger partial charge is 0.409 e. The fourth-order valence-corrected chi connectivity index (χ4v) is 2.71. The van der Waals surface area contributed by atoms with E-state index in [0.717, 1.165) is 12.8 Å². The van der Waals surface area contributed by atoms with E-state index in [2.05, 4.69) is 10.3 Å². The lowest BCUT2D eigenvalue weighted by atomic mass is 10.3. The molecule has 2 aliphatic rings. The van der Waals surface area contributed by atoms with Gasteiger partial charge >= 0.3 is 6.09 Å². The number of piperazine rings is 1. The molecule has 2 fully saturated rings. The predicted octanol–water partition coefficient (Wildman–Crippen LogP) is 1.11. The summed E-state index contributed by atoms with van der Waals surface area (Å²) in [6, 6.07) is 3.32. The van der Waals surface area contributed by atoms with Gasteiger partial charge in [0.25, 0.3) is 5.91 Å². The molecule has 27 heavy (non-hydrogen) atoms. The van der Waals surface area contributed by atoms with E-state index in [-0.39, 0.29) is 30.4 Å². The summed E-state index contributed by atoms with van der Waals surface area (Å²) in [7, 11) is 0. The molecular formula is C18H24N4O5. The highest BCUT2D eigenvalue weighted by Crippen LogP contribution is 2.30. The number of ether oxygens (including phenoxy) is 2. The van der Waals surface area contributed by atoms with Crippen molar-refractivity contribution in [2.45, 2.75) is 19.8 Å². The zero-order valence-corrected chi connectivity index (χ0v) is 15.3. The van der Waals surface area contributed by atoms with Gasteiger partial charge in [-0.05, 0) is 25.8 Å². The summed E-state index contributed by atoms with van der Waals surface area (Å²) in [5, 5.41) is 2.80. The van der Waals surface area contributed by atoms with Crippen LogP contribution in [0.5, 0.6) is 5.88 Å². The van der Waals surface area contributed by atoms with E-state index in [1.807, 2.05) is 0 Å². The third-order valence-electron chi connectivity index (χ3n) is 4.45. The second-order valence-corrected chi connectivity index (χ2v) is 6.50. The third-order valence-corrected chi connectivity index (χ3v) is 4.45. The van der Waals surface area contributed by atoms with Crippen LogP contribution in [-0.4, -0.2) is 72.1 Å². The second kappa shape index (κ2) is 8.70. The Bertz CT molecular complexity index is 681. The Labute approximate surface area is 157 Å². The lowest BCUT2D eigenvalue weighted by Crippen LogP contribution is -2.51. The SMILES string of the molecule is CCOC(=O)N1CCN(C(=O)COc2ccc(NC(=O)C3CC3)cn2)CC1. The molecule has 3 rings (SSSR count). The molecule has 2 heterocycles. The van der Waals surface area contributed by atoms with Crippen LogP contribution >= 0.6 is 0 Å². The first kappa shape index (κ1) is 18.9. The Morgan fingerprint density at radius 3 is 2.44 bits per heavy atom. The first-order chi connectivity index (χ1) is 13.1. The molecule has 146 valence electrons. The van der Waals surface area contributed by atoms with Gasteiger partial charge in [-0.15, -0.1) is 0 Å². The van der Waals surface area contributed by atoms with E-state index in [1.165, 1.54) is 6.20 Å². The van der Waals surface area contributed by atoms with Crippen molar-refractivity contribution in [3.05, 3.63) is 18.3 Å². The summed E-state index contributed by atoms with van der Waals surface area (Å²) in [6.07, 6.45) is 3.05. The number of rotatable bonds is 6. The number of pyridine rings is 1. The van der Waals surface area contributed by atoms with Gasteiger partial charge < -0.3 is 24.6 Å². The van der Waals surface area contributed by atoms with Gasteiger partial charge in [0.1, 0.15) is 0 Å². The van der Waals surface area contributed by atoms with Gasteiger partial charge in [-0.1, -0.05) is 0 Å². The number of carbonyl (C=O) groups excluding carboxylic acids is 3. The zero-order chi connectivity index (χ0) is 19.2. The van der Waals surface area contributed by atoms with E-state index in [1.54, 1.807) is 28.9 Å². The summed E-state index contributed by atoms with van der Waals surface area (Å²) in [5.41, 5.74) is 0.612. The Kier molecular flexibility index (Phi) is 6.10. The molecule has 9 nitrogen and oxygen atoms in total. The molecule has 3 amide bonds. The van der Waals surface area contributed by atoms with Crippen LogP contribution in [0.3, 0.4) is 0 Å². The van der Waals surface area contributed by atoms with Crippen molar-refractivity contribution in [2.24, 2.45) is 5.92 Å². The Morgan fingerprint density at radius 2 is 1.85 bits per heavy atom. The number of hydrogen-bond acceptors (Lipinski definition) is 6. The molecule has 1 saturated carbocycles. The van der Waals surface area contributed by atoms with E-state index in [4.69, 9.17) is 9.47 Å². The summed E-state index contributed by atoms with van der Waals surface area (Å²) in [6.45, 7) is 3.75. The maximum atomic E-state index is 12.2. The molecule has 0 spiro atoms. The van der Waals surface area contributed by atoms with Gasteiger partial charge in [0.15, 0.2) is 6.61 Å². The van der Waals surface area contributed by atoms with E-state index < -0.39 is 0 Å². The molecule has 0 radical (unpaired) electrons. The Morgan fingerprint density at radius 1 is 1.15 bits per heavy atom. The summed E-state index contributed by atoms with van der Waals surface area (Å²) in [4.78, 5) is 43.0. The number of nitrogens with one attached hydrogen (secondary N) is 1. The highest BCUT2D eigenvalue weighted by molar-refractivity contribution is 5.93. The Hall–Kier alpha value is -2.84. The van der Waals surface area contributed by atoms with Crippen molar-refractivity contribution in [1.82, 2.24) is 14.8 Å². The average molecular weight is 376 g/mol.